The second-order valence-electron chi connectivity index (χ2n) is 4.73. The summed E-state index contributed by atoms with van der Waals surface area (Å²) >= 11 is 3.32. The van der Waals surface area contributed by atoms with E-state index in [0.717, 1.165) is 20.3 Å². The molecule has 0 bridgehead atoms. The summed E-state index contributed by atoms with van der Waals surface area (Å²) < 4.78 is 0.760. The SMILES string of the molecule is O=C1c2ccc(Br)cc2C(=O)N1c1n[nH]c2ccccc12. The molecule has 0 aliphatic carbocycles. The summed E-state index contributed by atoms with van der Waals surface area (Å²) in [4.78, 5) is 26.1. The quantitative estimate of drug-likeness (QED) is 0.691. The number of nitrogens with one attached hydrogen (secondary N) is 1. The molecular weight excluding hydrogens is 334 g/mol. The zero-order chi connectivity index (χ0) is 14.6. The highest BCUT2D eigenvalue weighted by atomic mass is 79.9. The van der Waals surface area contributed by atoms with E-state index in [0.29, 0.717) is 16.9 Å². The summed E-state index contributed by atoms with van der Waals surface area (Å²) in [6.45, 7) is 0. The molecule has 6 heteroatoms. The van der Waals surface area contributed by atoms with Crippen LogP contribution in [0.1, 0.15) is 20.7 Å². The van der Waals surface area contributed by atoms with E-state index in [1.165, 1.54) is 0 Å². The van der Waals surface area contributed by atoms with Crippen LogP contribution < -0.4 is 4.90 Å². The highest BCUT2D eigenvalue weighted by molar-refractivity contribution is 9.10. The first-order chi connectivity index (χ1) is 10.2. The molecule has 2 heterocycles. The third-order valence-corrected chi connectivity index (χ3v) is 4.00. The van der Waals surface area contributed by atoms with Crippen molar-refractivity contribution in [3.8, 4) is 0 Å². The van der Waals surface area contributed by atoms with Gasteiger partial charge in [0.25, 0.3) is 11.8 Å². The maximum Gasteiger partial charge on any atom is 0.267 e. The van der Waals surface area contributed by atoms with Crippen LogP contribution >= 0.6 is 15.9 Å². The Hall–Kier alpha value is -2.47. The first-order valence-corrected chi connectivity index (χ1v) is 7.07. The van der Waals surface area contributed by atoms with Crippen molar-refractivity contribution in [1.82, 2.24) is 10.2 Å². The van der Waals surface area contributed by atoms with E-state index >= 15 is 0 Å². The number of anilines is 1. The van der Waals surface area contributed by atoms with Crippen molar-refractivity contribution in [3.05, 3.63) is 58.1 Å². The smallest absolute Gasteiger partial charge is 0.267 e. The molecule has 1 aliphatic rings. The monoisotopic (exact) mass is 341 g/mol. The Bertz CT molecular complexity index is 916. The fourth-order valence-electron chi connectivity index (χ4n) is 2.52. The van der Waals surface area contributed by atoms with Crippen molar-refractivity contribution < 1.29 is 9.59 Å². The average molecular weight is 342 g/mol. The van der Waals surface area contributed by atoms with Gasteiger partial charge in [0.2, 0.25) is 0 Å². The van der Waals surface area contributed by atoms with E-state index in [1.807, 2.05) is 24.3 Å². The van der Waals surface area contributed by atoms with Gasteiger partial charge in [-0.25, -0.2) is 4.90 Å². The van der Waals surface area contributed by atoms with E-state index in [-0.39, 0.29) is 11.8 Å². The number of aromatic nitrogens is 2. The van der Waals surface area contributed by atoms with Gasteiger partial charge in [0.15, 0.2) is 5.82 Å². The van der Waals surface area contributed by atoms with E-state index in [1.54, 1.807) is 18.2 Å². The van der Waals surface area contributed by atoms with Gasteiger partial charge in [-0.1, -0.05) is 28.1 Å². The number of amides is 2. The normalized spacial score (nSPS) is 14.0. The van der Waals surface area contributed by atoms with Gasteiger partial charge in [0.1, 0.15) is 0 Å². The van der Waals surface area contributed by atoms with E-state index in [9.17, 15) is 9.59 Å². The minimum atomic E-state index is -0.353. The molecule has 0 unspecified atom stereocenters. The minimum Gasteiger partial charge on any atom is -0.276 e. The molecule has 0 fully saturated rings. The summed E-state index contributed by atoms with van der Waals surface area (Å²) in [6.07, 6.45) is 0. The van der Waals surface area contributed by atoms with Gasteiger partial charge in [-0.05, 0) is 30.3 Å². The molecule has 2 aromatic carbocycles. The summed E-state index contributed by atoms with van der Waals surface area (Å²) in [7, 11) is 0. The van der Waals surface area contributed by atoms with Gasteiger partial charge in [-0.3, -0.25) is 14.7 Å². The summed E-state index contributed by atoms with van der Waals surface area (Å²) in [5.41, 5.74) is 1.57. The van der Waals surface area contributed by atoms with Gasteiger partial charge in [-0.15, -0.1) is 0 Å². The number of hydrogen-bond donors (Lipinski definition) is 1. The lowest BCUT2D eigenvalue weighted by atomic mass is 10.1. The van der Waals surface area contributed by atoms with E-state index in [2.05, 4.69) is 26.1 Å². The lowest BCUT2D eigenvalue weighted by Crippen LogP contribution is -2.29. The van der Waals surface area contributed by atoms with Crippen molar-refractivity contribution in [1.29, 1.82) is 0 Å². The Kier molecular flexibility index (Phi) is 2.49. The van der Waals surface area contributed by atoms with Gasteiger partial charge in [0.05, 0.1) is 16.6 Å². The molecule has 1 N–H and O–H groups in total. The summed E-state index contributed by atoms with van der Waals surface area (Å²) in [6, 6.07) is 12.4. The van der Waals surface area contributed by atoms with Gasteiger partial charge < -0.3 is 0 Å². The molecule has 1 aliphatic heterocycles. The van der Waals surface area contributed by atoms with Crippen LogP contribution in [0.4, 0.5) is 5.82 Å². The molecule has 0 saturated heterocycles. The summed E-state index contributed by atoms with van der Waals surface area (Å²) in [5.74, 6) is -0.360. The van der Waals surface area contributed by atoms with Gasteiger partial charge in [0, 0.05) is 9.86 Å². The number of H-pyrrole nitrogens is 1. The van der Waals surface area contributed by atoms with Crippen LogP contribution in [0.15, 0.2) is 46.9 Å². The molecule has 4 rings (SSSR count). The predicted octanol–water partition coefficient (Wildman–Crippen LogP) is 3.13. The Morgan fingerprint density at radius 1 is 1.00 bits per heavy atom. The molecule has 21 heavy (non-hydrogen) atoms. The number of hydrogen-bond acceptors (Lipinski definition) is 3. The second kappa shape index (κ2) is 4.26. The topological polar surface area (TPSA) is 66.1 Å². The molecule has 3 aromatic rings. The second-order valence-corrected chi connectivity index (χ2v) is 5.64. The van der Waals surface area contributed by atoms with Gasteiger partial charge in [-0.2, -0.15) is 5.10 Å². The van der Waals surface area contributed by atoms with Gasteiger partial charge >= 0.3 is 0 Å². The van der Waals surface area contributed by atoms with Crippen LogP contribution in [0, 0.1) is 0 Å². The van der Waals surface area contributed by atoms with E-state index < -0.39 is 0 Å². The number of nitrogens with zero attached hydrogens (tertiary/aromatic N) is 2. The van der Waals surface area contributed by atoms with Crippen molar-refractivity contribution in [2.45, 2.75) is 0 Å². The van der Waals surface area contributed by atoms with Crippen molar-refractivity contribution in [2.75, 3.05) is 4.90 Å². The van der Waals surface area contributed by atoms with Crippen LogP contribution in [0.5, 0.6) is 0 Å². The van der Waals surface area contributed by atoms with Crippen LogP contribution in [0.25, 0.3) is 10.9 Å². The zero-order valence-corrected chi connectivity index (χ0v) is 12.2. The Morgan fingerprint density at radius 2 is 1.76 bits per heavy atom. The molecule has 5 nitrogen and oxygen atoms in total. The number of para-hydroxylation sites is 1. The highest BCUT2D eigenvalue weighted by Gasteiger charge is 2.38. The number of rotatable bonds is 1. The molecule has 2 amide bonds. The molecule has 0 radical (unpaired) electrons. The maximum atomic E-state index is 12.5. The van der Waals surface area contributed by atoms with Crippen LogP contribution in [-0.2, 0) is 0 Å². The third kappa shape index (κ3) is 1.66. The first-order valence-electron chi connectivity index (χ1n) is 6.28. The number of halogens is 1. The number of benzene rings is 2. The number of carbonyl (C=O) groups excluding carboxylic acids is 2. The lowest BCUT2D eigenvalue weighted by molar-refractivity contribution is 0.0925. The summed E-state index contributed by atoms with van der Waals surface area (Å²) in [5, 5.41) is 7.71. The molecule has 0 atom stereocenters. The van der Waals surface area contributed by atoms with Crippen LogP contribution in [-0.4, -0.2) is 22.0 Å². The number of imide groups is 1. The zero-order valence-electron chi connectivity index (χ0n) is 10.6. The Labute approximate surface area is 127 Å². The fourth-order valence-corrected chi connectivity index (χ4v) is 2.89. The Balaban J connectivity index is 1.91. The standard InChI is InChI=1S/C15H8BrN3O2/c16-8-5-6-9-11(7-8)15(21)19(14(9)20)13-10-3-1-2-4-12(10)17-18-13/h1-7H,(H,17,18). The minimum absolute atomic E-state index is 0.341. The van der Waals surface area contributed by atoms with Crippen molar-refractivity contribution >= 4 is 44.5 Å². The fraction of sp³-hybridized carbons (Fsp3) is 0. The lowest BCUT2D eigenvalue weighted by Gasteiger charge is -2.10. The number of fused-ring (bicyclic) bond motifs is 2. The third-order valence-electron chi connectivity index (χ3n) is 3.51. The Morgan fingerprint density at radius 3 is 2.62 bits per heavy atom. The number of aromatic amines is 1. The first kappa shape index (κ1) is 12.3. The van der Waals surface area contributed by atoms with E-state index in [4.69, 9.17) is 0 Å². The maximum absolute atomic E-state index is 12.5. The largest absolute Gasteiger partial charge is 0.276 e. The molecule has 1 aromatic heterocycles. The van der Waals surface area contributed by atoms with Crippen molar-refractivity contribution in [3.63, 3.8) is 0 Å². The highest BCUT2D eigenvalue weighted by Crippen LogP contribution is 2.32. The average Bonchev–Trinajstić information content (AvgIpc) is 3.00. The molecule has 0 spiro atoms. The predicted molar refractivity (Wildman–Crippen MR) is 81.4 cm³/mol. The van der Waals surface area contributed by atoms with Crippen LogP contribution in [0.3, 0.4) is 0 Å². The molecular formula is C15H8BrN3O2. The molecule has 102 valence electrons. The van der Waals surface area contributed by atoms with Crippen molar-refractivity contribution in [2.24, 2.45) is 0 Å². The van der Waals surface area contributed by atoms with Crippen LogP contribution in [0.2, 0.25) is 0 Å². The number of carbonyl (C=O) groups is 2. The molecule has 0 saturated carbocycles.